The van der Waals surface area contributed by atoms with Gasteiger partial charge < -0.3 is 14.9 Å². The van der Waals surface area contributed by atoms with Crippen LogP contribution in [0.15, 0.2) is 11.6 Å². The van der Waals surface area contributed by atoms with Crippen molar-refractivity contribution >= 4 is 5.78 Å². The Morgan fingerprint density at radius 2 is 1.65 bits per heavy atom. The second kappa shape index (κ2) is 7.19. The largest absolute Gasteiger partial charge is 0.396 e. The fourth-order valence-corrected chi connectivity index (χ4v) is 11.0. The summed E-state index contributed by atoms with van der Waals surface area (Å²) < 4.78 is 6.63. The lowest BCUT2D eigenvalue weighted by Crippen LogP contribution is -2.65. The molecule has 1 aliphatic heterocycles. The molecule has 0 aromatic carbocycles. The number of aliphatic hydroxyl groups excluding tert-OH is 2. The first-order chi connectivity index (χ1) is 15.6. The molecule has 0 aromatic rings. The predicted molar refractivity (Wildman–Crippen MR) is 134 cm³/mol. The van der Waals surface area contributed by atoms with Crippen LogP contribution in [0.5, 0.6) is 0 Å². The third kappa shape index (κ3) is 2.85. The highest BCUT2D eigenvalue weighted by Gasteiger charge is 2.73. The lowest BCUT2D eigenvalue weighted by molar-refractivity contribution is -0.237. The smallest absolute Gasteiger partial charge is 0.140 e. The molecule has 4 heteroatoms. The van der Waals surface area contributed by atoms with Gasteiger partial charge in [-0.2, -0.15) is 0 Å². The number of hydrogen-bond acceptors (Lipinski definition) is 4. The number of aliphatic hydroxyl groups is 2. The molecule has 1 heterocycles. The van der Waals surface area contributed by atoms with E-state index in [2.05, 4.69) is 61.5 Å². The molecule has 0 bridgehead atoms. The second-order valence-corrected chi connectivity index (χ2v) is 14.7. The van der Waals surface area contributed by atoms with Crippen LogP contribution in [0.4, 0.5) is 0 Å². The van der Waals surface area contributed by atoms with Crippen molar-refractivity contribution in [1.29, 1.82) is 0 Å². The highest BCUT2D eigenvalue weighted by Crippen LogP contribution is 2.75. The number of carbonyl (C=O) groups is 1. The first-order valence-corrected chi connectivity index (χ1v) is 13.8. The van der Waals surface area contributed by atoms with Crippen LogP contribution < -0.4 is 0 Å². The molecule has 5 rings (SSSR count). The molecule has 34 heavy (non-hydrogen) atoms. The zero-order chi connectivity index (χ0) is 25.1. The zero-order valence-corrected chi connectivity index (χ0v) is 22.8. The van der Waals surface area contributed by atoms with E-state index in [1.807, 2.05) is 0 Å². The summed E-state index contributed by atoms with van der Waals surface area (Å²) in [5, 5.41) is 22.0. The van der Waals surface area contributed by atoms with E-state index in [0.29, 0.717) is 24.0 Å². The Kier molecular flexibility index (Phi) is 5.28. The standard InChI is InChI=1S/C30H48O4/c1-18-15-25(2,3)34-29(18,8)24-19-9-10-22-27(6)13-12-23(33)26(4,5)21(27)11-14-28(22,7)30(19,17-31)16-20(24)32/h15,19,21-24,31,33H,9-14,16-17H2,1-8H3/t19-,21+,22-,23+,24-,27+,28-,29+,30+/m1/s1. The predicted octanol–water partition coefficient (Wildman–Crippen LogP) is 5.70. The summed E-state index contributed by atoms with van der Waals surface area (Å²) in [7, 11) is 0. The van der Waals surface area contributed by atoms with Gasteiger partial charge in [-0.1, -0.05) is 33.8 Å². The van der Waals surface area contributed by atoms with Crippen LogP contribution >= 0.6 is 0 Å². The summed E-state index contributed by atoms with van der Waals surface area (Å²) in [6.07, 6.45) is 8.51. The summed E-state index contributed by atoms with van der Waals surface area (Å²) in [5.41, 5.74) is -0.226. The third-order valence-corrected chi connectivity index (χ3v) is 12.6. The van der Waals surface area contributed by atoms with Gasteiger partial charge in [-0.05, 0) is 106 Å². The van der Waals surface area contributed by atoms with Gasteiger partial charge in [0.2, 0.25) is 0 Å². The van der Waals surface area contributed by atoms with E-state index in [0.717, 1.165) is 44.1 Å². The minimum atomic E-state index is -0.594. The Morgan fingerprint density at radius 1 is 0.971 bits per heavy atom. The number of ketones is 1. The molecule has 5 aliphatic rings. The van der Waals surface area contributed by atoms with Gasteiger partial charge >= 0.3 is 0 Å². The average molecular weight is 473 g/mol. The van der Waals surface area contributed by atoms with E-state index >= 15 is 0 Å². The Labute approximate surface area is 206 Å². The molecule has 4 saturated carbocycles. The Balaban J connectivity index is 1.57. The first kappa shape index (κ1) is 25.0. The first-order valence-electron chi connectivity index (χ1n) is 13.8. The number of rotatable bonds is 2. The maximum atomic E-state index is 13.9. The van der Waals surface area contributed by atoms with E-state index in [1.165, 1.54) is 0 Å². The Bertz CT molecular complexity index is 919. The van der Waals surface area contributed by atoms with Gasteiger partial charge in [0.1, 0.15) is 5.78 Å². The van der Waals surface area contributed by atoms with Crippen molar-refractivity contribution in [3.63, 3.8) is 0 Å². The van der Waals surface area contributed by atoms with Gasteiger partial charge in [-0.3, -0.25) is 4.79 Å². The van der Waals surface area contributed by atoms with Crippen LogP contribution in [-0.4, -0.2) is 39.9 Å². The molecule has 4 nitrogen and oxygen atoms in total. The van der Waals surface area contributed by atoms with Crippen LogP contribution in [0, 0.1) is 45.3 Å². The number of carbonyl (C=O) groups excluding carboxylic acids is 1. The number of fused-ring (bicyclic) bond motifs is 5. The molecule has 0 amide bonds. The Morgan fingerprint density at radius 3 is 2.24 bits per heavy atom. The molecule has 0 spiro atoms. The minimum absolute atomic E-state index is 0.0825. The number of Topliss-reactive ketones (excluding diaryl/α,β-unsaturated/α-hetero) is 1. The van der Waals surface area contributed by atoms with E-state index in [1.54, 1.807) is 0 Å². The SMILES string of the molecule is CC1=CC(C)(C)O[C@]1(C)[C@H]1C(=O)C[C@]2(CO)[C@@H]1CC[C@@H]1[C@@]3(C)CC[C@H](O)C(C)(C)[C@@H]3CC[C@]12C. The molecule has 0 saturated heterocycles. The topological polar surface area (TPSA) is 66.8 Å². The van der Waals surface area contributed by atoms with Crippen LogP contribution in [-0.2, 0) is 9.53 Å². The van der Waals surface area contributed by atoms with Crippen molar-refractivity contribution in [2.24, 2.45) is 45.3 Å². The summed E-state index contributed by atoms with van der Waals surface area (Å²) in [6.45, 7) is 17.9. The van der Waals surface area contributed by atoms with Crippen molar-refractivity contribution in [2.75, 3.05) is 6.61 Å². The highest BCUT2D eigenvalue weighted by atomic mass is 16.5. The van der Waals surface area contributed by atoms with E-state index < -0.39 is 5.60 Å². The normalized spacial score (nSPS) is 53.6. The number of ether oxygens (including phenoxy) is 1. The summed E-state index contributed by atoms with van der Waals surface area (Å²) >= 11 is 0. The monoisotopic (exact) mass is 472 g/mol. The van der Waals surface area contributed by atoms with Crippen LogP contribution in [0.3, 0.4) is 0 Å². The molecule has 4 aliphatic carbocycles. The van der Waals surface area contributed by atoms with E-state index in [-0.39, 0.29) is 51.8 Å². The maximum absolute atomic E-state index is 13.9. The summed E-state index contributed by atoms with van der Waals surface area (Å²) in [4.78, 5) is 13.9. The molecule has 0 radical (unpaired) electrons. The average Bonchev–Trinajstić information content (AvgIpc) is 3.14. The molecule has 4 fully saturated rings. The third-order valence-electron chi connectivity index (χ3n) is 12.6. The van der Waals surface area contributed by atoms with E-state index in [9.17, 15) is 15.0 Å². The molecule has 0 unspecified atom stereocenters. The Hall–Kier alpha value is -0.710. The quantitative estimate of drug-likeness (QED) is 0.506. The lowest BCUT2D eigenvalue weighted by Gasteiger charge is -2.70. The summed E-state index contributed by atoms with van der Waals surface area (Å²) in [5.74, 6) is 1.19. The molecular formula is C30H48O4. The van der Waals surface area contributed by atoms with Crippen LogP contribution in [0.1, 0.15) is 100 Å². The van der Waals surface area contributed by atoms with E-state index in [4.69, 9.17) is 4.74 Å². The van der Waals surface area contributed by atoms with Crippen molar-refractivity contribution in [3.8, 4) is 0 Å². The minimum Gasteiger partial charge on any atom is -0.396 e. The maximum Gasteiger partial charge on any atom is 0.140 e. The second-order valence-electron chi connectivity index (χ2n) is 14.7. The molecule has 2 N–H and O–H groups in total. The van der Waals surface area contributed by atoms with Gasteiger partial charge in [-0.15, -0.1) is 0 Å². The van der Waals surface area contributed by atoms with Crippen molar-refractivity contribution in [1.82, 2.24) is 0 Å². The molecule has 9 atom stereocenters. The van der Waals surface area contributed by atoms with Gasteiger partial charge in [0.25, 0.3) is 0 Å². The van der Waals surface area contributed by atoms with Gasteiger partial charge in [0.15, 0.2) is 0 Å². The van der Waals surface area contributed by atoms with Crippen molar-refractivity contribution < 1.29 is 19.7 Å². The zero-order valence-electron chi connectivity index (χ0n) is 22.8. The van der Waals surface area contributed by atoms with Crippen molar-refractivity contribution in [2.45, 2.75) is 118 Å². The highest BCUT2D eigenvalue weighted by molar-refractivity contribution is 5.87. The molecule has 192 valence electrons. The lowest BCUT2D eigenvalue weighted by atomic mass is 9.35. The molecular weight excluding hydrogens is 424 g/mol. The van der Waals surface area contributed by atoms with Gasteiger partial charge in [-0.25, -0.2) is 0 Å². The fourth-order valence-electron chi connectivity index (χ4n) is 11.0. The molecule has 0 aromatic heterocycles. The fraction of sp³-hybridized carbons (Fsp3) is 0.900. The van der Waals surface area contributed by atoms with Gasteiger partial charge in [0, 0.05) is 18.4 Å². The van der Waals surface area contributed by atoms with Crippen molar-refractivity contribution in [3.05, 3.63) is 11.6 Å². The number of hydrogen-bond donors (Lipinski definition) is 2. The summed E-state index contributed by atoms with van der Waals surface area (Å²) in [6, 6.07) is 0. The van der Waals surface area contributed by atoms with Crippen LogP contribution in [0.2, 0.25) is 0 Å². The van der Waals surface area contributed by atoms with Crippen LogP contribution in [0.25, 0.3) is 0 Å². The van der Waals surface area contributed by atoms with Gasteiger partial charge in [0.05, 0.1) is 23.2 Å².